The molecule has 0 heterocycles. The van der Waals surface area contributed by atoms with Crippen LogP contribution in [0.3, 0.4) is 0 Å². The average molecular weight is 174 g/mol. The van der Waals surface area contributed by atoms with Gasteiger partial charge in [-0.3, -0.25) is 4.79 Å². The number of carbonyl (C=O) groups excluding carboxylic acids is 1. The fourth-order valence-corrected chi connectivity index (χ4v) is 0.795. The van der Waals surface area contributed by atoms with Crippen LogP contribution in [0, 0.1) is 11.5 Å². The van der Waals surface area contributed by atoms with E-state index in [1.54, 1.807) is 0 Å². The Morgan fingerprint density at radius 2 is 2.50 bits per heavy atom. The molecule has 54 valence electrons. The molecule has 2 N–H and O–H groups in total. The molecular weight excluding hydrogens is 170 g/mol. The normalized spacial score (nSPS) is 10.5. The molecule has 0 aromatic rings. The monoisotopic (exact) mass is 174 g/mol. The minimum absolute atomic E-state index is 0.0734. The van der Waals surface area contributed by atoms with Gasteiger partial charge >= 0.3 is 0 Å². The Labute approximate surface area is 67.9 Å². The molecular formula is C4H4N3OS2-. The van der Waals surface area contributed by atoms with Gasteiger partial charge in [0.1, 0.15) is 0 Å². The SMILES string of the molecule is N#CN=C([S-])SCC(N)=O. The van der Waals surface area contributed by atoms with Gasteiger partial charge in [-0.1, -0.05) is 0 Å². The topological polar surface area (TPSA) is 79.2 Å². The van der Waals surface area contributed by atoms with E-state index >= 15 is 0 Å². The van der Waals surface area contributed by atoms with E-state index < -0.39 is 5.91 Å². The van der Waals surface area contributed by atoms with Crippen LogP contribution in [-0.4, -0.2) is 16.0 Å². The van der Waals surface area contributed by atoms with Crippen molar-refractivity contribution < 1.29 is 4.79 Å². The first kappa shape index (κ1) is 9.20. The van der Waals surface area contributed by atoms with Crippen molar-refractivity contribution >= 4 is 34.7 Å². The van der Waals surface area contributed by atoms with Crippen LogP contribution < -0.4 is 5.73 Å². The largest absolute Gasteiger partial charge is 0.752 e. The van der Waals surface area contributed by atoms with E-state index in [4.69, 9.17) is 11.0 Å². The fraction of sp³-hybridized carbons (Fsp3) is 0.250. The lowest BCUT2D eigenvalue weighted by Crippen LogP contribution is -2.14. The summed E-state index contributed by atoms with van der Waals surface area (Å²) in [5.74, 6) is -0.398. The molecule has 10 heavy (non-hydrogen) atoms. The maximum Gasteiger partial charge on any atom is 0.227 e. The first-order valence-electron chi connectivity index (χ1n) is 2.21. The van der Waals surface area contributed by atoms with Gasteiger partial charge in [0.15, 0.2) is 0 Å². The van der Waals surface area contributed by atoms with E-state index in [2.05, 4.69) is 17.6 Å². The Kier molecular flexibility index (Phi) is 4.62. The minimum atomic E-state index is -0.472. The molecule has 0 aliphatic heterocycles. The summed E-state index contributed by atoms with van der Waals surface area (Å²) in [5, 5.41) is 7.97. The highest BCUT2D eigenvalue weighted by atomic mass is 32.2. The molecule has 4 nitrogen and oxygen atoms in total. The Hall–Kier alpha value is -0.800. The first-order valence-corrected chi connectivity index (χ1v) is 3.61. The van der Waals surface area contributed by atoms with Crippen molar-refractivity contribution in [2.45, 2.75) is 0 Å². The zero-order valence-electron chi connectivity index (χ0n) is 4.90. The highest BCUT2D eigenvalue weighted by Crippen LogP contribution is 2.00. The third-order valence-corrected chi connectivity index (χ3v) is 1.69. The molecule has 0 aromatic carbocycles. The number of carbonyl (C=O) groups is 1. The maximum absolute atomic E-state index is 10.1. The molecule has 0 saturated carbocycles. The predicted molar refractivity (Wildman–Crippen MR) is 42.1 cm³/mol. The molecule has 0 atom stereocenters. The molecule has 0 fully saturated rings. The summed E-state index contributed by atoms with van der Waals surface area (Å²) < 4.78 is 0.140. The van der Waals surface area contributed by atoms with Crippen molar-refractivity contribution in [3.63, 3.8) is 0 Å². The molecule has 6 heteroatoms. The minimum Gasteiger partial charge on any atom is -0.752 e. The summed E-state index contributed by atoms with van der Waals surface area (Å²) in [6.45, 7) is 0. The first-order chi connectivity index (χ1) is 4.66. The number of primary amides is 1. The fourth-order valence-electron chi connectivity index (χ4n) is 0.206. The van der Waals surface area contributed by atoms with E-state index in [0.717, 1.165) is 11.8 Å². The average Bonchev–Trinajstić information content (AvgIpc) is 1.85. The van der Waals surface area contributed by atoms with Crippen LogP contribution in [0.5, 0.6) is 0 Å². The molecule has 0 radical (unpaired) electrons. The van der Waals surface area contributed by atoms with Crippen molar-refractivity contribution in [2.24, 2.45) is 10.7 Å². The van der Waals surface area contributed by atoms with Gasteiger partial charge in [0.05, 0.1) is 5.75 Å². The zero-order valence-corrected chi connectivity index (χ0v) is 6.54. The number of amides is 1. The number of nitrogens with two attached hydrogens (primary N) is 1. The molecule has 1 amide bonds. The van der Waals surface area contributed by atoms with E-state index in [1.807, 2.05) is 0 Å². The highest BCUT2D eigenvalue weighted by Gasteiger charge is 1.91. The quantitative estimate of drug-likeness (QED) is 0.267. The van der Waals surface area contributed by atoms with E-state index in [-0.39, 0.29) is 10.1 Å². The standard InChI is InChI=1S/C4H5N3OS2/c5-2-7-4(9)10-1-3(6)8/h1H2,(H2,6,8)(H,7,9)/p-1. The van der Waals surface area contributed by atoms with Crippen LogP contribution >= 0.6 is 11.8 Å². The van der Waals surface area contributed by atoms with E-state index in [0.29, 0.717) is 0 Å². The van der Waals surface area contributed by atoms with Crippen molar-refractivity contribution in [3.8, 4) is 6.19 Å². The van der Waals surface area contributed by atoms with Crippen molar-refractivity contribution in [1.82, 2.24) is 0 Å². The van der Waals surface area contributed by atoms with Gasteiger partial charge in [-0.05, 0) is 4.38 Å². The van der Waals surface area contributed by atoms with Gasteiger partial charge in [-0.15, -0.1) is 11.8 Å². The Morgan fingerprint density at radius 3 is 2.90 bits per heavy atom. The number of hydrogen-bond donors (Lipinski definition) is 1. The predicted octanol–water partition coefficient (Wildman–Crippen LogP) is -0.411. The number of nitriles is 1. The summed E-state index contributed by atoms with van der Waals surface area (Å²) in [5.41, 5.74) is 4.79. The number of thioether (sulfide) groups is 1. The van der Waals surface area contributed by atoms with Crippen molar-refractivity contribution in [1.29, 1.82) is 5.26 Å². The molecule has 0 aromatic heterocycles. The van der Waals surface area contributed by atoms with Crippen LogP contribution in [0.1, 0.15) is 0 Å². The second-order valence-corrected chi connectivity index (χ2v) is 2.84. The summed E-state index contributed by atoms with van der Waals surface area (Å²) >= 11 is 5.51. The number of rotatable bonds is 2. The lowest BCUT2D eigenvalue weighted by Gasteiger charge is -2.03. The number of hydrogen-bond acceptors (Lipinski definition) is 5. The van der Waals surface area contributed by atoms with E-state index in [1.165, 1.54) is 6.19 Å². The maximum atomic E-state index is 10.1. The Morgan fingerprint density at radius 1 is 1.90 bits per heavy atom. The molecule has 0 aliphatic rings. The van der Waals surface area contributed by atoms with Gasteiger partial charge in [0.2, 0.25) is 12.1 Å². The van der Waals surface area contributed by atoms with Gasteiger partial charge in [-0.2, -0.15) is 10.3 Å². The van der Waals surface area contributed by atoms with Gasteiger partial charge in [0, 0.05) is 0 Å². The van der Waals surface area contributed by atoms with Crippen molar-refractivity contribution in [3.05, 3.63) is 0 Å². The third kappa shape index (κ3) is 5.34. The third-order valence-electron chi connectivity index (χ3n) is 0.479. The smallest absolute Gasteiger partial charge is 0.227 e. The van der Waals surface area contributed by atoms with Crippen molar-refractivity contribution in [2.75, 3.05) is 5.75 Å². The van der Waals surface area contributed by atoms with Crippen LogP contribution in [-0.2, 0) is 17.4 Å². The molecule has 0 saturated heterocycles. The lowest BCUT2D eigenvalue weighted by molar-refractivity contribution is -0.115. The van der Waals surface area contributed by atoms with Crippen LogP contribution in [0.25, 0.3) is 0 Å². The van der Waals surface area contributed by atoms with Crippen LogP contribution in [0.15, 0.2) is 4.99 Å². The second kappa shape index (κ2) is 5.02. The van der Waals surface area contributed by atoms with E-state index in [9.17, 15) is 4.79 Å². The summed E-state index contributed by atoms with van der Waals surface area (Å²) in [4.78, 5) is 13.3. The van der Waals surface area contributed by atoms with Gasteiger partial charge < -0.3 is 18.4 Å². The zero-order chi connectivity index (χ0) is 7.98. The summed E-state index contributed by atoms with van der Waals surface area (Å²) in [6, 6.07) is 0. The number of aliphatic imine (C=N–C) groups is 1. The summed E-state index contributed by atoms with van der Waals surface area (Å²) in [6.07, 6.45) is 1.50. The molecule has 0 bridgehead atoms. The second-order valence-electron chi connectivity index (χ2n) is 1.23. The molecule has 0 rings (SSSR count). The molecule has 0 spiro atoms. The Balaban J connectivity index is 3.62. The molecule has 0 unspecified atom stereocenters. The number of nitrogens with zero attached hydrogens (tertiary/aromatic N) is 2. The van der Waals surface area contributed by atoms with Crippen LogP contribution in [0.2, 0.25) is 0 Å². The van der Waals surface area contributed by atoms with Gasteiger partial charge in [-0.25, -0.2) is 0 Å². The Bertz CT molecular complexity index is 195. The molecule has 0 aliphatic carbocycles. The lowest BCUT2D eigenvalue weighted by atomic mass is 10.8. The highest BCUT2D eigenvalue weighted by molar-refractivity contribution is 8.27. The van der Waals surface area contributed by atoms with Crippen LogP contribution in [0.4, 0.5) is 0 Å². The van der Waals surface area contributed by atoms with Gasteiger partial charge in [0.25, 0.3) is 0 Å². The summed E-state index contributed by atoms with van der Waals surface area (Å²) in [7, 11) is 0.